The van der Waals surface area contributed by atoms with Crippen molar-refractivity contribution in [3.8, 4) is 0 Å². The predicted molar refractivity (Wildman–Crippen MR) is 79.7 cm³/mol. The van der Waals surface area contributed by atoms with Crippen molar-refractivity contribution in [1.29, 1.82) is 0 Å². The summed E-state index contributed by atoms with van der Waals surface area (Å²) in [6, 6.07) is 10.6. The zero-order chi connectivity index (χ0) is 14.0. The molecule has 2 rings (SSSR count). The van der Waals surface area contributed by atoms with Gasteiger partial charge in [-0.15, -0.1) is 0 Å². The van der Waals surface area contributed by atoms with Crippen LogP contribution in [0.4, 0.5) is 11.4 Å². The molecular formula is C15H15ClN2O. The molecule has 98 valence electrons. The van der Waals surface area contributed by atoms with Gasteiger partial charge in [-0.1, -0.05) is 17.7 Å². The third-order valence-electron chi connectivity index (χ3n) is 3.05. The minimum absolute atomic E-state index is 0.173. The number of nitrogens with one attached hydrogen (secondary N) is 1. The van der Waals surface area contributed by atoms with Crippen molar-refractivity contribution in [2.75, 3.05) is 11.1 Å². The SMILES string of the molecule is Cc1cc(C(=O)Nc2cccc(Cl)c2C)ccc1N. The first-order chi connectivity index (χ1) is 8.99. The molecule has 0 atom stereocenters. The highest BCUT2D eigenvalue weighted by atomic mass is 35.5. The quantitative estimate of drug-likeness (QED) is 0.819. The van der Waals surface area contributed by atoms with Crippen LogP contribution in [0.15, 0.2) is 36.4 Å². The largest absolute Gasteiger partial charge is 0.399 e. The molecule has 1 amide bonds. The van der Waals surface area contributed by atoms with Crippen LogP contribution in [0.3, 0.4) is 0 Å². The first kappa shape index (κ1) is 13.4. The molecule has 0 spiro atoms. The molecule has 0 fully saturated rings. The van der Waals surface area contributed by atoms with Crippen molar-refractivity contribution in [3.63, 3.8) is 0 Å². The summed E-state index contributed by atoms with van der Waals surface area (Å²) in [7, 11) is 0. The molecule has 0 aliphatic heterocycles. The molecule has 0 aromatic heterocycles. The third kappa shape index (κ3) is 2.88. The Hall–Kier alpha value is -2.00. The van der Waals surface area contributed by atoms with E-state index in [-0.39, 0.29) is 5.91 Å². The summed E-state index contributed by atoms with van der Waals surface area (Å²) in [4.78, 5) is 12.1. The van der Waals surface area contributed by atoms with Gasteiger partial charge in [0.1, 0.15) is 0 Å². The smallest absolute Gasteiger partial charge is 0.255 e. The number of nitrogen functional groups attached to an aromatic ring is 1. The normalized spacial score (nSPS) is 10.3. The minimum Gasteiger partial charge on any atom is -0.399 e. The van der Waals surface area contributed by atoms with Crippen LogP contribution in [-0.2, 0) is 0 Å². The van der Waals surface area contributed by atoms with Crippen molar-refractivity contribution in [2.45, 2.75) is 13.8 Å². The van der Waals surface area contributed by atoms with Crippen LogP contribution in [0.5, 0.6) is 0 Å². The molecule has 0 bridgehead atoms. The van der Waals surface area contributed by atoms with Gasteiger partial charge in [-0.2, -0.15) is 0 Å². The second-order valence-electron chi connectivity index (χ2n) is 4.44. The number of anilines is 2. The molecular weight excluding hydrogens is 260 g/mol. The zero-order valence-corrected chi connectivity index (χ0v) is 11.6. The molecule has 0 saturated heterocycles. The zero-order valence-electron chi connectivity index (χ0n) is 10.8. The van der Waals surface area contributed by atoms with Crippen LogP contribution in [0, 0.1) is 13.8 Å². The van der Waals surface area contributed by atoms with Gasteiger partial charge in [0.05, 0.1) is 0 Å². The van der Waals surface area contributed by atoms with E-state index in [9.17, 15) is 4.79 Å². The molecule has 0 unspecified atom stereocenters. The summed E-state index contributed by atoms with van der Waals surface area (Å²) in [6.45, 7) is 3.74. The van der Waals surface area contributed by atoms with Gasteiger partial charge in [-0.3, -0.25) is 4.79 Å². The maximum Gasteiger partial charge on any atom is 0.255 e. The summed E-state index contributed by atoms with van der Waals surface area (Å²) in [5.74, 6) is -0.173. The van der Waals surface area contributed by atoms with Gasteiger partial charge in [-0.25, -0.2) is 0 Å². The Morgan fingerprint density at radius 1 is 1.21 bits per heavy atom. The molecule has 0 saturated carbocycles. The van der Waals surface area contributed by atoms with Crippen LogP contribution in [0.1, 0.15) is 21.5 Å². The predicted octanol–water partition coefficient (Wildman–Crippen LogP) is 3.79. The maximum atomic E-state index is 12.1. The fourth-order valence-corrected chi connectivity index (χ4v) is 1.93. The molecule has 4 heteroatoms. The van der Waals surface area contributed by atoms with Gasteiger partial charge in [0, 0.05) is 22.0 Å². The summed E-state index contributed by atoms with van der Waals surface area (Å²) in [5, 5.41) is 3.48. The second-order valence-corrected chi connectivity index (χ2v) is 4.85. The highest BCUT2D eigenvalue weighted by molar-refractivity contribution is 6.31. The second kappa shape index (κ2) is 5.33. The van der Waals surface area contributed by atoms with Crippen LogP contribution in [-0.4, -0.2) is 5.91 Å². The number of rotatable bonds is 2. The summed E-state index contributed by atoms with van der Waals surface area (Å²) < 4.78 is 0. The lowest BCUT2D eigenvalue weighted by atomic mass is 10.1. The third-order valence-corrected chi connectivity index (χ3v) is 3.46. The van der Waals surface area contributed by atoms with Crippen molar-refractivity contribution >= 4 is 28.9 Å². The monoisotopic (exact) mass is 274 g/mol. The fraction of sp³-hybridized carbons (Fsp3) is 0.133. The first-order valence-electron chi connectivity index (χ1n) is 5.91. The molecule has 0 heterocycles. The number of hydrogen-bond donors (Lipinski definition) is 2. The summed E-state index contributed by atoms with van der Waals surface area (Å²) in [5.41, 5.74) is 9.44. The van der Waals surface area contributed by atoms with Gasteiger partial charge < -0.3 is 11.1 Å². The van der Waals surface area contributed by atoms with E-state index in [1.54, 1.807) is 30.3 Å². The van der Waals surface area contributed by atoms with E-state index in [2.05, 4.69) is 5.32 Å². The highest BCUT2D eigenvalue weighted by Gasteiger charge is 2.09. The van der Waals surface area contributed by atoms with Crippen molar-refractivity contribution in [3.05, 3.63) is 58.1 Å². The Balaban J connectivity index is 2.26. The van der Waals surface area contributed by atoms with E-state index in [1.807, 2.05) is 19.9 Å². The van der Waals surface area contributed by atoms with E-state index in [4.69, 9.17) is 17.3 Å². The van der Waals surface area contributed by atoms with Gasteiger partial charge in [0.15, 0.2) is 0 Å². The van der Waals surface area contributed by atoms with Crippen LogP contribution in [0.2, 0.25) is 5.02 Å². The van der Waals surface area contributed by atoms with Gasteiger partial charge in [0.2, 0.25) is 0 Å². The Bertz CT molecular complexity index is 638. The molecule has 0 aliphatic rings. The number of halogens is 1. The number of carbonyl (C=O) groups is 1. The van der Waals surface area contributed by atoms with Gasteiger partial charge in [0.25, 0.3) is 5.91 Å². The lowest BCUT2D eigenvalue weighted by Crippen LogP contribution is -2.13. The molecule has 3 N–H and O–H groups in total. The number of carbonyl (C=O) groups excluding carboxylic acids is 1. The molecule has 0 aliphatic carbocycles. The Labute approximate surface area is 117 Å². The first-order valence-corrected chi connectivity index (χ1v) is 6.29. The van der Waals surface area contributed by atoms with Crippen molar-refractivity contribution in [1.82, 2.24) is 0 Å². The van der Waals surface area contributed by atoms with Gasteiger partial charge in [-0.05, 0) is 55.3 Å². The Kier molecular flexibility index (Phi) is 3.76. The van der Waals surface area contributed by atoms with Crippen LogP contribution >= 0.6 is 11.6 Å². The Morgan fingerprint density at radius 2 is 1.95 bits per heavy atom. The van der Waals surface area contributed by atoms with E-state index in [1.165, 1.54) is 0 Å². The Morgan fingerprint density at radius 3 is 2.63 bits per heavy atom. The molecule has 2 aromatic carbocycles. The number of benzene rings is 2. The molecule has 3 nitrogen and oxygen atoms in total. The molecule has 19 heavy (non-hydrogen) atoms. The van der Waals surface area contributed by atoms with Gasteiger partial charge >= 0.3 is 0 Å². The lowest BCUT2D eigenvalue weighted by Gasteiger charge is -2.10. The average molecular weight is 275 g/mol. The van der Waals surface area contributed by atoms with E-state index in [0.29, 0.717) is 22.0 Å². The van der Waals surface area contributed by atoms with E-state index in [0.717, 1.165) is 11.1 Å². The fourth-order valence-electron chi connectivity index (χ4n) is 1.75. The van der Waals surface area contributed by atoms with Crippen LogP contribution < -0.4 is 11.1 Å². The number of aryl methyl sites for hydroxylation is 1. The summed E-state index contributed by atoms with van der Waals surface area (Å²) in [6.07, 6.45) is 0. The topological polar surface area (TPSA) is 55.1 Å². The standard InChI is InChI=1S/C15H15ClN2O/c1-9-8-11(6-7-13(9)17)15(19)18-14-5-3-4-12(16)10(14)2/h3-8H,17H2,1-2H3,(H,18,19). The van der Waals surface area contributed by atoms with Crippen molar-refractivity contribution in [2.24, 2.45) is 0 Å². The number of hydrogen-bond acceptors (Lipinski definition) is 2. The summed E-state index contributed by atoms with van der Waals surface area (Å²) >= 11 is 6.02. The maximum absolute atomic E-state index is 12.1. The van der Waals surface area contributed by atoms with E-state index < -0.39 is 0 Å². The highest BCUT2D eigenvalue weighted by Crippen LogP contribution is 2.23. The van der Waals surface area contributed by atoms with Crippen LogP contribution in [0.25, 0.3) is 0 Å². The molecule has 0 radical (unpaired) electrons. The number of nitrogens with two attached hydrogens (primary N) is 1. The lowest BCUT2D eigenvalue weighted by molar-refractivity contribution is 0.102. The molecule has 2 aromatic rings. The number of amides is 1. The average Bonchev–Trinajstić information content (AvgIpc) is 2.38. The van der Waals surface area contributed by atoms with E-state index >= 15 is 0 Å². The minimum atomic E-state index is -0.173. The van der Waals surface area contributed by atoms with Crippen molar-refractivity contribution < 1.29 is 4.79 Å².